The molecular formula is C23H25N3O2. The first-order chi connectivity index (χ1) is 13.6. The highest BCUT2D eigenvalue weighted by Gasteiger charge is 2.16. The van der Waals surface area contributed by atoms with Gasteiger partial charge in [0.1, 0.15) is 5.82 Å². The lowest BCUT2D eigenvalue weighted by atomic mass is 9.89. The summed E-state index contributed by atoms with van der Waals surface area (Å²) in [6.45, 7) is 1.89. The number of benzene rings is 2. The van der Waals surface area contributed by atoms with Crippen LogP contribution in [0.2, 0.25) is 0 Å². The second kappa shape index (κ2) is 7.97. The maximum absolute atomic E-state index is 12.5. The van der Waals surface area contributed by atoms with E-state index in [0.29, 0.717) is 0 Å². The second-order valence-electron chi connectivity index (χ2n) is 7.54. The second-order valence-corrected chi connectivity index (χ2v) is 7.54. The number of amides is 1. The molecule has 0 radical (unpaired) electrons. The molecule has 2 aromatic carbocycles. The molecule has 5 nitrogen and oxygen atoms in total. The van der Waals surface area contributed by atoms with Crippen LogP contribution in [-0.4, -0.2) is 21.7 Å². The zero-order chi connectivity index (χ0) is 19.5. The highest BCUT2D eigenvalue weighted by atomic mass is 16.2. The van der Waals surface area contributed by atoms with E-state index in [-0.39, 0.29) is 30.6 Å². The number of carbonyl (C=O) groups is 2. The molecule has 1 aliphatic carbocycles. The van der Waals surface area contributed by atoms with Crippen LogP contribution in [0.4, 0.5) is 0 Å². The van der Waals surface area contributed by atoms with E-state index >= 15 is 0 Å². The SMILES string of the molecule is CC(NC(=O)CCC(=O)c1ccc2c(c1)CCCC2)c1nc2ccccc2[nH]1. The molecule has 0 fully saturated rings. The molecular weight excluding hydrogens is 350 g/mol. The lowest BCUT2D eigenvalue weighted by molar-refractivity contribution is -0.121. The molecule has 0 saturated heterocycles. The van der Waals surface area contributed by atoms with E-state index < -0.39 is 0 Å². The number of aromatic nitrogens is 2. The molecule has 5 heteroatoms. The van der Waals surface area contributed by atoms with Gasteiger partial charge in [0.25, 0.3) is 0 Å². The van der Waals surface area contributed by atoms with Crippen molar-refractivity contribution in [3.05, 3.63) is 65.0 Å². The molecule has 0 aliphatic heterocycles. The van der Waals surface area contributed by atoms with E-state index in [2.05, 4.69) is 21.4 Å². The molecule has 0 bridgehead atoms. The average Bonchev–Trinajstić information content (AvgIpc) is 3.16. The Morgan fingerprint density at radius 2 is 1.86 bits per heavy atom. The Balaban J connectivity index is 1.33. The van der Waals surface area contributed by atoms with Crippen LogP contribution in [0.5, 0.6) is 0 Å². The minimum Gasteiger partial charge on any atom is -0.346 e. The van der Waals surface area contributed by atoms with Gasteiger partial charge in [-0.1, -0.05) is 24.3 Å². The standard InChI is InChI=1S/C23H25N3O2/c1-15(23-25-19-8-4-5-9-20(19)26-23)24-22(28)13-12-21(27)18-11-10-16-6-2-3-7-17(16)14-18/h4-5,8-11,14-15H,2-3,6-7,12-13H2,1H3,(H,24,28)(H,25,26). The normalized spacial score (nSPS) is 14.5. The topological polar surface area (TPSA) is 74.8 Å². The number of para-hydroxylation sites is 2. The number of H-pyrrole nitrogens is 1. The number of hydrogen-bond acceptors (Lipinski definition) is 3. The Morgan fingerprint density at radius 1 is 1.07 bits per heavy atom. The number of rotatable bonds is 6. The zero-order valence-corrected chi connectivity index (χ0v) is 16.1. The number of nitrogens with zero attached hydrogens (tertiary/aromatic N) is 1. The lowest BCUT2D eigenvalue weighted by Gasteiger charge is -2.16. The van der Waals surface area contributed by atoms with Gasteiger partial charge in [0.05, 0.1) is 17.1 Å². The molecule has 1 unspecified atom stereocenters. The van der Waals surface area contributed by atoms with E-state index in [1.807, 2.05) is 43.3 Å². The number of aromatic amines is 1. The van der Waals surface area contributed by atoms with Gasteiger partial charge in [-0.2, -0.15) is 0 Å². The van der Waals surface area contributed by atoms with Crippen molar-refractivity contribution in [3.8, 4) is 0 Å². The van der Waals surface area contributed by atoms with Crippen LogP contribution in [0.25, 0.3) is 11.0 Å². The van der Waals surface area contributed by atoms with Crippen molar-refractivity contribution in [1.82, 2.24) is 15.3 Å². The fourth-order valence-electron chi connectivity index (χ4n) is 3.84. The molecule has 1 heterocycles. The van der Waals surface area contributed by atoms with E-state index in [9.17, 15) is 9.59 Å². The molecule has 2 N–H and O–H groups in total. The Kier molecular flexibility index (Phi) is 5.24. The summed E-state index contributed by atoms with van der Waals surface area (Å²) in [5.41, 5.74) is 5.20. The van der Waals surface area contributed by atoms with E-state index in [1.165, 1.54) is 24.0 Å². The molecule has 1 aliphatic rings. The third kappa shape index (κ3) is 3.98. The summed E-state index contributed by atoms with van der Waals surface area (Å²) in [5, 5.41) is 2.93. The van der Waals surface area contributed by atoms with Gasteiger partial charge >= 0.3 is 0 Å². The van der Waals surface area contributed by atoms with E-state index in [1.54, 1.807) is 0 Å². The Hall–Kier alpha value is -2.95. The minimum absolute atomic E-state index is 0.0277. The maximum Gasteiger partial charge on any atom is 0.221 e. The number of fused-ring (bicyclic) bond motifs is 2. The summed E-state index contributed by atoms with van der Waals surface area (Å²) in [7, 11) is 0. The van der Waals surface area contributed by atoms with Crippen LogP contribution in [0, 0.1) is 0 Å². The van der Waals surface area contributed by atoms with Crippen molar-refractivity contribution in [1.29, 1.82) is 0 Å². The summed E-state index contributed by atoms with van der Waals surface area (Å²) < 4.78 is 0. The fraction of sp³-hybridized carbons (Fsp3) is 0.348. The molecule has 4 rings (SSSR count). The molecule has 144 valence electrons. The molecule has 1 aromatic heterocycles. The van der Waals surface area contributed by atoms with Crippen LogP contribution < -0.4 is 5.32 Å². The number of aryl methyl sites for hydroxylation is 2. The predicted molar refractivity (Wildman–Crippen MR) is 109 cm³/mol. The quantitative estimate of drug-likeness (QED) is 0.632. The number of nitrogens with one attached hydrogen (secondary N) is 2. The van der Waals surface area contributed by atoms with Crippen molar-refractivity contribution in [2.24, 2.45) is 0 Å². The first-order valence-electron chi connectivity index (χ1n) is 9.99. The van der Waals surface area contributed by atoms with Gasteiger partial charge in [-0.3, -0.25) is 9.59 Å². The van der Waals surface area contributed by atoms with Crippen molar-refractivity contribution in [2.75, 3.05) is 0 Å². The number of ketones is 1. The van der Waals surface area contributed by atoms with Crippen LogP contribution in [0.3, 0.4) is 0 Å². The summed E-state index contributed by atoms with van der Waals surface area (Å²) >= 11 is 0. The number of imidazole rings is 1. The van der Waals surface area contributed by atoms with Crippen molar-refractivity contribution in [2.45, 2.75) is 51.5 Å². The zero-order valence-electron chi connectivity index (χ0n) is 16.1. The van der Waals surface area contributed by atoms with Crippen LogP contribution in [0.15, 0.2) is 42.5 Å². The monoisotopic (exact) mass is 375 g/mol. The predicted octanol–water partition coefficient (Wildman–Crippen LogP) is 4.28. The summed E-state index contributed by atoms with van der Waals surface area (Å²) in [4.78, 5) is 32.6. The molecule has 0 saturated carbocycles. The Morgan fingerprint density at radius 3 is 2.68 bits per heavy atom. The van der Waals surface area contributed by atoms with Crippen molar-refractivity contribution < 1.29 is 9.59 Å². The third-order valence-corrected chi connectivity index (χ3v) is 5.44. The molecule has 1 atom stereocenters. The van der Waals surface area contributed by atoms with Crippen LogP contribution in [-0.2, 0) is 17.6 Å². The van der Waals surface area contributed by atoms with Gasteiger partial charge < -0.3 is 10.3 Å². The molecule has 28 heavy (non-hydrogen) atoms. The van der Waals surface area contributed by atoms with Crippen LogP contribution >= 0.6 is 0 Å². The first-order valence-corrected chi connectivity index (χ1v) is 9.99. The summed E-state index contributed by atoms with van der Waals surface area (Å²) in [6.07, 6.45) is 4.96. The lowest BCUT2D eigenvalue weighted by Crippen LogP contribution is -2.27. The highest BCUT2D eigenvalue weighted by molar-refractivity contribution is 5.98. The third-order valence-electron chi connectivity index (χ3n) is 5.44. The number of Topliss-reactive ketones (excluding diaryl/α,β-unsaturated/α-hetero) is 1. The van der Waals surface area contributed by atoms with Gasteiger partial charge in [-0.05, 0) is 61.9 Å². The van der Waals surface area contributed by atoms with Gasteiger partial charge in [-0.25, -0.2) is 4.98 Å². The highest BCUT2D eigenvalue weighted by Crippen LogP contribution is 2.23. The van der Waals surface area contributed by atoms with Gasteiger partial charge in [0.2, 0.25) is 5.91 Å². The van der Waals surface area contributed by atoms with Gasteiger partial charge in [0, 0.05) is 18.4 Å². The minimum atomic E-state index is -0.237. The first kappa shape index (κ1) is 18.4. The number of carbonyl (C=O) groups excluding carboxylic acids is 2. The van der Waals surface area contributed by atoms with Crippen molar-refractivity contribution >= 4 is 22.7 Å². The fourth-order valence-corrected chi connectivity index (χ4v) is 3.84. The van der Waals surface area contributed by atoms with Crippen molar-refractivity contribution in [3.63, 3.8) is 0 Å². The average molecular weight is 375 g/mol. The smallest absolute Gasteiger partial charge is 0.221 e. The Bertz CT molecular complexity index is 989. The van der Waals surface area contributed by atoms with Gasteiger partial charge in [0.15, 0.2) is 5.78 Å². The van der Waals surface area contributed by atoms with Crippen LogP contribution in [0.1, 0.15) is 66.0 Å². The van der Waals surface area contributed by atoms with Gasteiger partial charge in [-0.15, -0.1) is 0 Å². The maximum atomic E-state index is 12.5. The molecule has 3 aromatic rings. The van der Waals surface area contributed by atoms with E-state index in [0.717, 1.165) is 35.3 Å². The molecule has 1 amide bonds. The van der Waals surface area contributed by atoms with E-state index in [4.69, 9.17) is 0 Å². The number of hydrogen-bond donors (Lipinski definition) is 2. The summed E-state index contributed by atoms with van der Waals surface area (Å²) in [6, 6.07) is 13.5. The molecule has 0 spiro atoms. The Labute approximate surface area is 164 Å². The summed E-state index contributed by atoms with van der Waals surface area (Å²) in [5.74, 6) is 0.606. The largest absolute Gasteiger partial charge is 0.346 e.